The second-order valence-electron chi connectivity index (χ2n) is 6.84. The van der Waals surface area contributed by atoms with Crippen LogP contribution in [0, 0.1) is 5.92 Å². The summed E-state index contributed by atoms with van der Waals surface area (Å²) in [5.41, 5.74) is 1.17. The highest BCUT2D eigenvalue weighted by atomic mass is 16.5. The normalized spacial score (nSPS) is 24.3. The standard InChI is InChI=1S/C18H26N2O3/c1-19(10-14-5-7-15(23-2)8-6-14)16-11-20(12-17(16)21)18(22)9-13-3-4-13/h5-8,13,16-17,21H,3-4,9-12H2,1-2H3/t16-,17-/m1/s1. The molecule has 23 heavy (non-hydrogen) atoms. The van der Waals surface area contributed by atoms with Gasteiger partial charge in [-0.2, -0.15) is 0 Å². The van der Waals surface area contributed by atoms with Crippen molar-refractivity contribution < 1.29 is 14.6 Å². The summed E-state index contributed by atoms with van der Waals surface area (Å²) in [5, 5.41) is 10.3. The summed E-state index contributed by atoms with van der Waals surface area (Å²) in [5.74, 6) is 1.64. The predicted molar refractivity (Wildman–Crippen MR) is 88.2 cm³/mol. The van der Waals surface area contributed by atoms with Crippen molar-refractivity contribution in [3.63, 3.8) is 0 Å². The molecule has 1 aromatic carbocycles. The van der Waals surface area contributed by atoms with Crippen LogP contribution in [0.2, 0.25) is 0 Å². The van der Waals surface area contributed by atoms with Crippen LogP contribution in [0.5, 0.6) is 5.75 Å². The van der Waals surface area contributed by atoms with E-state index < -0.39 is 6.10 Å². The summed E-state index contributed by atoms with van der Waals surface area (Å²) in [6.45, 7) is 1.83. The van der Waals surface area contributed by atoms with Gasteiger partial charge in [-0.1, -0.05) is 12.1 Å². The van der Waals surface area contributed by atoms with Crippen molar-refractivity contribution in [3.05, 3.63) is 29.8 Å². The van der Waals surface area contributed by atoms with Gasteiger partial charge < -0.3 is 14.7 Å². The maximum Gasteiger partial charge on any atom is 0.222 e. The number of ether oxygens (including phenoxy) is 1. The highest BCUT2D eigenvalue weighted by Gasteiger charge is 2.37. The number of hydrogen-bond donors (Lipinski definition) is 1. The lowest BCUT2D eigenvalue weighted by Gasteiger charge is -2.26. The molecule has 0 aromatic heterocycles. The van der Waals surface area contributed by atoms with Crippen LogP contribution in [0.3, 0.4) is 0 Å². The first-order valence-corrected chi connectivity index (χ1v) is 8.36. The van der Waals surface area contributed by atoms with Crippen molar-refractivity contribution in [2.24, 2.45) is 5.92 Å². The maximum absolute atomic E-state index is 12.2. The van der Waals surface area contributed by atoms with Gasteiger partial charge in [-0.05, 0) is 43.5 Å². The highest BCUT2D eigenvalue weighted by molar-refractivity contribution is 5.77. The van der Waals surface area contributed by atoms with Crippen LogP contribution in [0.25, 0.3) is 0 Å². The number of aliphatic hydroxyl groups is 1. The fourth-order valence-electron chi connectivity index (χ4n) is 3.24. The molecule has 1 saturated heterocycles. The van der Waals surface area contributed by atoms with E-state index in [0.29, 0.717) is 25.4 Å². The van der Waals surface area contributed by atoms with Crippen molar-refractivity contribution in [3.8, 4) is 5.75 Å². The number of nitrogens with zero attached hydrogens (tertiary/aromatic N) is 2. The number of rotatable bonds is 6. The molecule has 2 atom stereocenters. The van der Waals surface area contributed by atoms with E-state index in [0.717, 1.165) is 12.3 Å². The molecular formula is C18H26N2O3. The van der Waals surface area contributed by atoms with Crippen molar-refractivity contribution in [1.29, 1.82) is 0 Å². The number of hydrogen-bond acceptors (Lipinski definition) is 4. The zero-order valence-corrected chi connectivity index (χ0v) is 13.9. The molecule has 0 radical (unpaired) electrons. The summed E-state index contributed by atoms with van der Waals surface area (Å²) < 4.78 is 5.17. The first-order valence-electron chi connectivity index (χ1n) is 8.36. The van der Waals surface area contributed by atoms with Crippen LogP contribution in [-0.2, 0) is 11.3 Å². The zero-order chi connectivity index (χ0) is 16.4. The maximum atomic E-state index is 12.2. The average Bonchev–Trinajstić information content (AvgIpc) is 3.27. The molecule has 2 fully saturated rings. The van der Waals surface area contributed by atoms with E-state index >= 15 is 0 Å². The number of amides is 1. The summed E-state index contributed by atoms with van der Waals surface area (Å²) in [6, 6.07) is 7.96. The fraction of sp³-hybridized carbons (Fsp3) is 0.611. The van der Waals surface area contributed by atoms with Gasteiger partial charge in [0.2, 0.25) is 5.91 Å². The van der Waals surface area contributed by atoms with Gasteiger partial charge in [0.1, 0.15) is 5.75 Å². The molecule has 0 bridgehead atoms. The van der Waals surface area contributed by atoms with Gasteiger partial charge in [0, 0.05) is 26.1 Å². The Morgan fingerprint density at radius 2 is 2.00 bits per heavy atom. The molecule has 5 nitrogen and oxygen atoms in total. The minimum absolute atomic E-state index is 0.000236. The Bertz CT molecular complexity index is 542. The van der Waals surface area contributed by atoms with Gasteiger partial charge in [-0.15, -0.1) is 0 Å². The number of carbonyl (C=O) groups excluding carboxylic acids is 1. The van der Waals surface area contributed by atoms with Crippen molar-refractivity contribution in [1.82, 2.24) is 9.80 Å². The number of carbonyl (C=O) groups is 1. The molecule has 1 amide bonds. The van der Waals surface area contributed by atoms with Crippen LogP contribution in [0.15, 0.2) is 24.3 Å². The van der Waals surface area contributed by atoms with Gasteiger partial charge >= 0.3 is 0 Å². The Hall–Kier alpha value is -1.59. The van der Waals surface area contributed by atoms with E-state index in [-0.39, 0.29) is 11.9 Å². The first-order chi connectivity index (χ1) is 11.1. The Morgan fingerprint density at radius 1 is 1.30 bits per heavy atom. The van der Waals surface area contributed by atoms with E-state index in [1.54, 1.807) is 7.11 Å². The van der Waals surface area contributed by atoms with E-state index in [2.05, 4.69) is 4.90 Å². The number of likely N-dealkylation sites (tertiary alicyclic amines) is 1. The number of aliphatic hydroxyl groups excluding tert-OH is 1. The Labute approximate surface area is 137 Å². The smallest absolute Gasteiger partial charge is 0.222 e. The minimum Gasteiger partial charge on any atom is -0.497 e. The molecule has 1 heterocycles. The van der Waals surface area contributed by atoms with E-state index in [1.165, 1.54) is 18.4 Å². The number of methoxy groups -OCH3 is 1. The third kappa shape index (κ3) is 4.03. The second-order valence-corrected chi connectivity index (χ2v) is 6.84. The Morgan fingerprint density at radius 3 is 2.61 bits per heavy atom. The van der Waals surface area contributed by atoms with Crippen molar-refractivity contribution in [2.45, 2.75) is 38.0 Å². The molecule has 2 aliphatic rings. The lowest BCUT2D eigenvalue weighted by Crippen LogP contribution is -2.40. The van der Waals surface area contributed by atoms with Crippen molar-refractivity contribution in [2.75, 3.05) is 27.2 Å². The van der Waals surface area contributed by atoms with Gasteiger partial charge in [-0.3, -0.25) is 9.69 Å². The molecule has 1 N–H and O–H groups in total. The summed E-state index contributed by atoms with van der Waals surface area (Å²) >= 11 is 0. The van der Waals surface area contributed by atoms with Gasteiger partial charge in [0.15, 0.2) is 0 Å². The summed E-state index contributed by atoms with van der Waals surface area (Å²) in [7, 11) is 3.66. The number of benzene rings is 1. The van der Waals surface area contributed by atoms with E-state index in [1.807, 2.05) is 36.2 Å². The van der Waals surface area contributed by atoms with Gasteiger partial charge in [0.25, 0.3) is 0 Å². The van der Waals surface area contributed by atoms with Crippen LogP contribution >= 0.6 is 0 Å². The lowest BCUT2D eigenvalue weighted by atomic mass is 10.1. The molecule has 3 rings (SSSR count). The van der Waals surface area contributed by atoms with Gasteiger partial charge in [-0.25, -0.2) is 0 Å². The number of likely N-dealkylation sites (N-methyl/N-ethyl adjacent to an activating group) is 1. The molecular weight excluding hydrogens is 292 g/mol. The average molecular weight is 318 g/mol. The molecule has 126 valence electrons. The van der Waals surface area contributed by atoms with Crippen LogP contribution in [-0.4, -0.2) is 60.2 Å². The minimum atomic E-state index is -0.471. The fourth-order valence-corrected chi connectivity index (χ4v) is 3.24. The van der Waals surface area contributed by atoms with Crippen LogP contribution in [0.4, 0.5) is 0 Å². The first kappa shape index (κ1) is 16.3. The highest BCUT2D eigenvalue weighted by Crippen LogP contribution is 2.33. The van der Waals surface area contributed by atoms with Crippen LogP contribution < -0.4 is 4.74 Å². The lowest BCUT2D eigenvalue weighted by molar-refractivity contribution is -0.130. The summed E-state index contributed by atoms with van der Waals surface area (Å²) in [4.78, 5) is 16.2. The van der Waals surface area contributed by atoms with Crippen molar-refractivity contribution >= 4 is 5.91 Å². The largest absolute Gasteiger partial charge is 0.497 e. The molecule has 1 aliphatic carbocycles. The third-order valence-corrected chi connectivity index (χ3v) is 4.93. The van der Waals surface area contributed by atoms with Gasteiger partial charge in [0.05, 0.1) is 19.3 Å². The molecule has 0 spiro atoms. The molecule has 1 aromatic rings. The Kier molecular flexibility index (Phi) is 4.87. The van der Waals surface area contributed by atoms with Crippen LogP contribution in [0.1, 0.15) is 24.8 Å². The van der Waals surface area contributed by atoms with E-state index in [4.69, 9.17) is 4.74 Å². The molecule has 5 heteroatoms. The Balaban J connectivity index is 1.55. The third-order valence-electron chi connectivity index (χ3n) is 4.93. The molecule has 0 unspecified atom stereocenters. The monoisotopic (exact) mass is 318 g/mol. The SMILES string of the molecule is COc1ccc(CN(C)[C@@H]2CN(C(=O)CC3CC3)C[C@H]2O)cc1. The predicted octanol–water partition coefficient (Wildman–Crippen LogP) is 1.50. The van der Waals surface area contributed by atoms with E-state index in [9.17, 15) is 9.90 Å². The molecule has 1 saturated carbocycles. The number of β-amino-alcohol motifs (C(OH)–C–C–N with tert-alkyl or cyclic N) is 1. The zero-order valence-electron chi connectivity index (χ0n) is 13.9. The topological polar surface area (TPSA) is 53.0 Å². The quantitative estimate of drug-likeness (QED) is 0.864. The second kappa shape index (κ2) is 6.89. The summed E-state index contributed by atoms with van der Waals surface area (Å²) in [6.07, 6.45) is 2.55. The molecule has 1 aliphatic heterocycles.